The Balaban J connectivity index is 1.21. The van der Waals surface area contributed by atoms with Gasteiger partial charge in [0.1, 0.15) is 17.9 Å². The highest BCUT2D eigenvalue weighted by atomic mass is 16.5. The molecule has 4 aromatic rings. The number of aromatic carboxylic acids is 1. The van der Waals surface area contributed by atoms with E-state index in [9.17, 15) is 9.59 Å². The minimum absolute atomic E-state index is 0.0213. The number of carboxylic acid groups (broad SMARTS) is 1. The highest BCUT2D eigenvalue weighted by Gasteiger charge is 2.25. The molecular formula is C28H25N3O5. The van der Waals surface area contributed by atoms with Crippen molar-refractivity contribution in [3.05, 3.63) is 95.6 Å². The van der Waals surface area contributed by atoms with E-state index in [1.807, 2.05) is 61.5 Å². The fraction of sp³-hybridized carbons (Fsp3) is 0.179. The van der Waals surface area contributed by atoms with Gasteiger partial charge < -0.3 is 24.5 Å². The molecule has 0 bridgehead atoms. The number of anilines is 2. The lowest BCUT2D eigenvalue weighted by Gasteiger charge is -2.25. The highest BCUT2D eigenvalue weighted by Crippen LogP contribution is 2.25. The zero-order valence-corrected chi connectivity index (χ0v) is 19.7. The summed E-state index contributed by atoms with van der Waals surface area (Å²) in [6, 6.07) is 19.9. The lowest BCUT2D eigenvalue weighted by molar-refractivity contribution is -0.131. The van der Waals surface area contributed by atoms with Gasteiger partial charge in [0.2, 0.25) is 5.91 Å². The van der Waals surface area contributed by atoms with Crippen LogP contribution in [-0.2, 0) is 11.2 Å². The minimum Gasteiger partial charge on any atom is -0.491 e. The SMILES string of the molecule is Cc1ccccc1Nc1nc2ccc(CC(=O)N3CC=C[C@H]3COc3ccc(C(=O)O)cc3)cc2o1. The number of hydrogen-bond acceptors (Lipinski definition) is 6. The molecule has 2 N–H and O–H groups in total. The summed E-state index contributed by atoms with van der Waals surface area (Å²) in [5.41, 5.74) is 4.36. The first-order valence-corrected chi connectivity index (χ1v) is 11.6. The number of ether oxygens (including phenoxy) is 1. The van der Waals surface area contributed by atoms with Crippen LogP contribution in [0.4, 0.5) is 11.7 Å². The summed E-state index contributed by atoms with van der Waals surface area (Å²) in [7, 11) is 0. The van der Waals surface area contributed by atoms with Crippen molar-refractivity contribution < 1.29 is 23.8 Å². The quantitative estimate of drug-likeness (QED) is 0.341. The molecule has 0 saturated carbocycles. The van der Waals surface area contributed by atoms with Gasteiger partial charge in [-0.05, 0) is 60.5 Å². The van der Waals surface area contributed by atoms with Crippen molar-refractivity contribution in [1.82, 2.24) is 9.88 Å². The number of hydrogen-bond donors (Lipinski definition) is 2. The molecule has 8 nitrogen and oxygen atoms in total. The van der Waals surface area contributed by atoms with E-state index in [1.165, 1.54) is 12.1 Å². The van der Waals surface area contributed by atoms with Gasteiger partial charge in [-0.3, -0.25) is 4.79 Å². The molecule has 1 amide bonds. The van der Waals surface area contributed by atoms with E-state index in [0.717, 1.165) is 16.8 Å². The predicted molar refractivity (Wildman–Crippen MR) is 136 cm³/mol. The highest BCUT2D eigenvalue weighted by molar-refractivity contribution is 5.87. The van der Waals surface area contributed by atoms with Gasteiger partial charge in [-0.25, -0.2) is 4.79 Å². The zero-order valence-electron chi connectivity index (χ0n) is 19.7. The summed E-state index contributed by atoms with van der Waals surface area (Å²) in [5, 5.41) is 12.2. The average molecular weight is 484 g/mol. The molecule has 182 valence electrons. The number of nitrogens with zero attached hydrogens (tertiary/aromatic N) is 2. The molecular weight excluding hydrogens is 458 g/mol. The molecule has 1 aliphatic rings. The predicted octanol–water partition coefficient (Wildman–Crippen LogP) is 4.97. The maximum absolute atomic E-state index is 13.1. The molecule has 0 aliphatic carbocycles. The number of rotatable bonds is 8. The average Bonchev–Trinajstić information content (AvgIpc) is 3.50. The van der Waals surface area contributed by atoms with Gasteiger partial charge in [-0.1, -0.05) is 36.4 Å². The number of carboxylic acids is 1. The number of fused-ring (bicyclic) bond motifs is 1. The first-order chi connectivity index (χ1) is 17.5. The second-order valence-electron chi connectivity index (χ2n) is 8.62. The maximum atomic E-state index is 13.1. The van der Waals surface area contributed by atoms with Gasteiger partial charge >= 0.3 is 5.97 Å². The first-order valence-electron chi connectivity index (χ1n) is 11.6. The van der Waals surface area contributed by atoms with E-state index in [0.29, 0.717) is 29.4 Å². The molecule has 0 saturated heterocycles. The molecule has 8 heteroatoms. The van der Waals surface area contributed by atoms with E-state index in [4.69, 9.17) is 14.3 Å². The van der Waals surface area contributed by atoms with E-state index < -0.39 is 5.97 Å². The minimum atomic E-state index is -0.987. The number of para-hydroxylation sites is 1. The molecule has 1 aromatic heterocycles. The molecule has 5 rings (SSSR count). The monoisotopic (exact) mass is 483 g/mol. The molecule has 1 aliphatic heterocycles. The smallest absolute Gasteiger partial charge is 0.335 e. The molecule has 2 heterocycles. The zero-order chi connectivity index (χ0) is 25.1. The van der Waals surface area contributed by atoms with Crippen molar-refractivity contribution in [3.8, 4) is 5.75 Å². The van der Waals surface area contributed by atoms with Crippen LogP contribution in [0.25, 0.3) is 11.1 Å². The van der Waals surface area contributed by atoms with Gasteiger partial charge in [0.05, 0.1) is 18.0 Å². The molecule has 0 unspecified atom stereocenters. The van der Waals surface area contributed by atoms with Crippen LogP contribution in [0.3, 0.4) is 0 Å². The topological polar surface area (TPSA) is 105 Å². The van der Waals surface area contributed by atoms with Crippen molar-refractivity contribution in [2.45, 2.75) is 19.4 Å². The molecule has 3 aromatic carbocycles. The third-order valence-electron chi connectivity index (χ3n) is 6.10. The summed E-state index contributed by atoms with van der Waals surface area (Å²) < 4.78 is 11.7. The second kappa shape index (κ2) is 9.95. The van der Waals surface area contributed by atoms with Crippen LogP contribution in [0.5, 0.6) is 5.75 Å². The number of oxazole rings is 1. The van der Waals surface area contributed by atoms with Crippen molar-refractivity contribution in [3.63, 3.8) is 0 Å². The van der Waals surface area contributed by atoms with Gasteiger partial charge in [0, 0.05) is 12.2 Å². The number of benzene rings is 3. The van der Waals surface area contributed by atoms with Crippen LogP contribution in [0.1, 0.15) is 21.5 Å². The molecule has 0 radical (unpaired) electrons. The number of amides is 1. The summed E-state index contributed by atoms with van der Waals surface area (Å²) >= 11 is 0. The Labute approximate surface area is 207 Å². The molecule has 1 atom stereocenters. The normalized spacial score (nSPS) is 14.8. The third-order valence-corrected chi connectivity index (χ3v) is 6.10. The summed E-state index contributed by atoms with van der Waals surface area (Å²) in [6.07, 6.45) is 4.12. The Morgan fingerprint density at radius 3 is 2.72 bits per heavy atom. The summed E-state index contributed by atoms with van der Waals surface area (Å²) in [6.45, 7) is 2.80. The van der Waals surface area contributed by atoms with Crippen LogP contribution in [0.2, 0.25) is 0 Å². The van der Waals surface area contributed by atoms with Crippen molar-refractivity contribution in [1.29, 1.82) is 0 Å². The maximum Gasteiger partial charge on any atom is 0.335 e. The Kier molecular flexibility index (Phi) is 6.40. The Hall–Kier alpha value is -4.59. The second-order valence-corrected chi connectivity index (χ2v) is 8.62. The molecule has 0 fully saturated rings. The van der Waals surface area contributed by atoms with E-state index >= 15 is 0 Å². The van der Waals surface area contributed by atoms with E-state index in [1.54, 1.807) is 17.0 Å². The van der Waals surface area contributed by atoms with Gasteiger partial charge in [0.25, 0.3) is 6.01 Å². The first kappa shape index (κ1) is 23.2. The van der Waals surface area contributed by atoms with Crippen molar-refractivity contribution >= 4 is 34.7 Å². The van der Waals surface area contributed by atoms with Crippen molar-refractivity contribution in [2.75, 3.05) is 18.5 Å². The van der Waals surface area contributed by atoms with E-state index in [2.05, 4.69) is 10.3 Å². The fourth-order valence-corrected chi connectivity index (χ4v) is 4.12. The summed E-state index contributed by atoms with van der Waals surface area (Å²) in [5.74, 6) is -0.454. The lowest BCUT2D eigenvalue weighted by Crippen LogP contribution is -2.40. The van der Waals surface area contributed by atoms with Crippen LogP contribution >= 0.6 is 0 Å². The third kappa shape index (κ3) is 5.07. The molecule has 0 spiro atoms. The largest absolute Gasteiger partial charge is 0.491 e. The van der Waals surface area contributed by atoms with E-state index in [-0.39, 0.29) is 30.5 Å². The van der Waals surface area contributed by atoms with Crippen LogP contribution in [-0.4, -0.2) is 46.1 Å². The number of carbonyl (C=O) groups excluding carboxylic acids is 1. The Morgan fingerprint density at radius 2 is 1.94 bits per heavy atom. The van der Waals surface area contributed by atoms with Gasteiger partial charge in [-0.2, -0.15) is 4.98 Å². The molecule has 36 heavy (non-hydrogen) atoms. The van der Waals surface area contributed by atoms with Crippen molar-refractivity contribution in [2.24, 2.45) is 0 Å². The Bertz CT molecular complexity index is 1440. The number of aryl methyl sites for hydroxylation is 1. The number of carbonyl (C=O) groups is 2. The Morgan fingerprint density at radius 1 is 1.14 bits per heavy atom. The number of aromatic nitrogens is 1. The van der Waals surface area contributed by atoms with Gasteiger partial charge in [0.15, 0.2) is 5.58 Å². The fourth-order valence-electron chi connectivity index (χ4n) is 4.12. The van der Waals surface area contributed by atoms with Crippen LogP contribution in [0.15, 0.2) is 83.3 Å². The standard InChI is InChI=1S/C28H25N3O5/c1-18-5-2-3-7-23(18)29-28-30-24-13-8-19(15-25(24)36-28)16-26(32)31-14-4-6-21(31)17-35-22-11-9-20(10-12-22)27(33)34/h2-13,15,21H,14,16-17H2,1H3,(H,29,30)(H,33,34)/t21-/m0/s1. The van der Waals surface area contributed by atoms with Crippen LogP contribution < -0.4 is 10.1 Å². The van der Waals surface area contributed by atoms with Gasteiger partial charge in [-0.15, -0.1) is 0 Å². The lowest BCUT2D eigenvalue weighted by atomic mass is 10.1. The summed E-state index contributed by atoms with van der Waals surface area (Å²) in [4.78, 5) is 30.3. The number of nitrogens with one attached hydrogen (secondary N) is 1. The van der Waals surface area contributed by atoms with Crippen LogP contribution in [0, 0.1) is 6.92 Å².